The van der Waals surface area contributed by atoms with E-state index in [2.05, 4.69) is 4.98 Å². The van der Waals surface area contributed by atoms with Crippen LogP contribution in [0, 0.1) is 0 Å². The van der Waals surface area contributed by atoms with Crippen molar-refractivity contribution in [2.24, 2.45) is 0 Å². The zero-order valence-electron chi connectivity index (χ0n) is 8.30. The number of halogens is 3. The second-order valence-electron chi connectivity index (χ2n) is 3.39. The molecule has 1 aromatic carbocycles. The van der Waals surface area contributed by atoms with Crippen LogP contribution < -0.4 is 5.73 Å². The van der Waals surface area contributed by atoms with Crippen molar-refractivity contribution in [2.45, 2.75) is 6.42 Å². The van der Waals surface area contributed by atoms with Gasteiger partial charge in [-0.25, -0.2) is 0 Å². The molecule has 1 aromatic heterocycles. The molecule has 0 aliphatic heterocycles. The van der Waals surface area contributed by atoms with E-state index in [-0.39, 0.29) is 0 Å². The van der Waals surface area contributed by atoms with Gasteiger partial charge in [-0.05, 0) is 18.2 Å². The number of anilines is 1. The molecular formula is C11H9Cl3N2. The van der Waals surface area contributed by atoms with Gasteiger partial charge in [0, 0.05) is 23.4 Å². The van der Waals surface area contributed by atoms with Gasteiger partial charge in [0.25, 0.3) is 0 Å². The molecule has 0 radical (unpaired) electrons. The third-order valence-corrected chi connectivity index (χ3v) is 3.14. The molecule has 0 saturated carbocycles. The maximum atomic E-state index is 6.06. The number of pyridine rings is 1. The van der Waals surface area contributed by atoms with Crippen molar-refractivity contribution in [1.82, 2.24) is 4.98 Å². The first-order valence-corrected chi connectivity index (χ1v) is 6.01. The summed E-state index contributed by atoms with van der Waals surface area (Å²) in [6.45, 7) is 0. The first-order valence-electron chi connectivity index (χ1n) is 4.72. The van der Waals surface area contributed by atoms with Gasteiger partial charge >= 0.3 is 0 Å². The van der Waals surface area contributed by atoms with Gasteiger partial charge in [0.15, 0.2) is 0 Å². The van der Waals surface area contributed by atoms with E-state index in [1.165, 1.54) is 0 Å². The Morgan fingerprint density at radius 2 is 1.94 bits per heavy atom. The van der Waals surface area contributed by atoms with Gasteiger partial charge in [-0.3, -0.25) is 4.98 Å². The lowest BCUT2D eigenvalue weighted by molar-refractivity contribution is 1.06. The Bertz CT molecular complexity index is 540. The van der Waals surface area contributed by atoms with E-state index in [9.17, 15) is 0 Å². The summed E-state index contributed by atoms with van der Waals surface area (Å²) in [6, 6.07) is 5.41. The maximum absolute atomic E-state index is 6.06. The van der Waals surface area contributed by atoms with E-state index in [4.69, 9.17) is 40.5 Å². The van der Waals surface area contributed by atoms with E-state index in [0.29, 0.717) is 33.6 Å². The summed E-state index contributed by atoms with van der Waals surface area (Å²) >= 11 is 17.7. The highest BCUT2D eigenvalue weighted by molar-refractivity contribution is 6.40. The number of nitrogens with zero attached hydrogens (tertiary/aromatic N) is 1. The van der Waals surface area contributed by atoms with Crippen LogP contribution >= 0.6 is 34.8 Å². The number of aromatic nitrogens is 1. The van der Waals surface area contributed by atoms with Crippen LogP contribution in [0.25, 0.3) is 10.9 Å². The maximum Gasteiger partial charge on any atom is 0.0964 e. The van der Waals surface area contributed by atoms with E-state index >= 15 is 0 Å². The Labute approximate surface area is 108 Å². The van der Waals surface area contributed by atoms with Crippen LogP contribution in [0.1, 0.15) is 5.69 Å². The standard InChI is InChI=1S/C11H9Cl3N2/c12-4-3-6-1-2-7-8(13)5-9(14)10(15)11(7)16-6/h1-2,5H,3-4,15H2. The average Bonchev–Trinajstić information content (AvgIpc) is 2.26. The number of nitrogens with two attached hydrogens (primary N) is 1. The van der Waals surface area contributed by atoms with Crippen LogP contribution in [-0.2, 0) is 6.42 Å². The Morgan fingerprint density at radius 3 is 2.62 bits per heavy atom. The molecule has 2 nitrogen and oxygen atoms in total. The second kappa shape index (κ2) is 4.66. The Morgan fingerprint density at radius 1 is 1.19 bits per heavy atom. The first-order chi connectivity index (χ1) is 7.63. The number of hydrogen-bond acceptors (Lipinski definition) is 2. The Kier molecular flexibility index (Phi) is 3.43. The Hall–Kier alpha value is -0.700. The number of aryl methyl sites for hydroxylation is 1. The lowest BCUT2D eigenvalue weighted by Crippen LogP contribution is -1.96. The van der Waals surface area contributed by atoms with Crippen molar-refractivity contribution < 1.29 is 0 Å². The summed E-state index contributed by atoms with van der Waals surface area (Å²) in [4.78, 5) is 4.41. The third kappa shape index (κ3) is 2.05. The number of nitrogen functional groups attached to an aromatic ring is 1. The fourth-order valence-electron chi connectivity index (χ4n) is 1.51. The summed E-state index contributed by atoms with van der Waals surface area (Å²) in [7, 11) is 0. The van der Waals surface area contributed by atoms with Crippen LogP contribution in [0.15, 0.2) is 18.2 Å². The number of alkyl halides is 1. The van der Waals surface area contributed by atoms with Gasteiger partial charge in [-0.2, -0.15) is 0 Å². The molecule has 0 unspecified atom stereocenters. The monoisotopic (exact) mass is 274 g/mol. The summed E-state index contributed by atoms with van der Waals surface area (Å²) < 4.78 is 0. The SMILES string of the molecule is Nc1c(Cl)cc(Cl)c2ccc(CCCl)nc12. The van der Waals surface area contributed by atoms with Crippen LogP contribution in [0.4, 0.5) is 5.69 Å². The summed E-state index contributed by atoms with van der Waals surface area (Å²) in [6.07, 6.45) is 0.696. The molecule has 84 valence electrons. The molecule has 0 atom stereocenters. The van der Waals surface area contributed by atoms with E-state index in [1.54, 1.807) is 6.07 Å². The highest BCUT2D eigenvalue weighted by atomic mass is 35.5. The number of fused-ring (bicyclic) bond motifs is 1. The summed E-state index contributed by atoms with van der Waals surface area (Å²) in [5.74, 6) is 0.521. The van der Waals surface area contributed by atoms with E-state index in [0.717, 1.165) is 11.1 Å². The normalized spacial score (nSPS) is 10.9. The number of rotatable bonds is 2. The molecule has 2 N–H and O–H groups in total. The topological polar surface area (TPSA) is 38.9 Å². The van der Waals surface area contributed by atoms with Crippen molar-refractivity contribution in [2.75, 3.05) is 11.6 Å². The van der Waals surface area contributed by atoms with Gasteiger partial charge in [-0.1, -0.05) is 23.2 Å². The van der Waals surface area contributed by atoms with Crippen LogP contribution in [0.2, 0.25) is 10.0 Å². The van der Waals surface area contributed by atoms with E-state index in [1.807, 2.05) is 12.1 Å². The number of benzene rings is 1. The fraction of sp³-hybridized carbons (Fsp3) is 0.182. The lowest BCUT2D eigenvalue weighted by atomic mass is 10.1. The quantitative estimate of drug-likeness (QED) is 0.667. The minimum absolute atomic E-state index is 0.424. The van der Waals surface area contributed by atoms with Crippen LogP contribution in [0.3, 0.4) is 0 Å². The van der Waals surface area contributed by atoms with Gasteiger partial charge < -0.3 is 5.73 Å². The zero-order chi connectivity index (χ0) is 11.7. The molecule has 2 aromatic rings. The smallest absolute Gasteiger partial charge is 0.0964 e. The summed E-state index contributed by atoms with van der Waals surface area (Å²) in [5.41, 5.74) is 7.84. The molecule has 0 bridgehead atoms. The lowest BCUT2D eigenvalue weighted by Gasteiger charge is -2.07. The van der Waals surface area contributed by atoms with Gasteiger partial charge in [0.1, 0.15) is 0 Å². The second-order valence-corrected chi connectivity index (χ2v) is 4.58. The minimum Gasteiger partial charge on any atom is -0.396 e. The molecule has 0 spiro atoms. The van der Waals surface area contributed by atoms with Crippen molar-refractivity contribution in [3.05, 3.63) is 33.9 Å². The van der Waals surface area contributed by atoms with Crippen LogP contribution in [0.5, 0.6) is 0 Å². The van der Waals surface area contributed by atoms with Crippen molar-refractivity contribution >= 4 is 51.4 Å². The zero-order valence-corrected chi connectivity index (χ0v) is 10.6. The predicted octanol–water partition coefficient (Wildman–Crippen LogP) is 3.91. The summed E-state index contributed by atoms with van der Waals surface area (Å²) in [5, 5.41) is 1.79. The molecule has 0 aliphatic rings. The molecule has 16 heavy (non-hydrogen) atoms. The van der Waals surface area contributed by atoms with Crippen molar-refractivity contribution in [3.8, 4) is 0 Å². The average molecular weight is 276 g/mol. The van der Waals surface area contributed by atoms with Crippen molar-refractivity contribution in [3.63, 3.8) is 0 Å². The van der Waals surface area contributed by atoms with Crippen LogP contribution in [-0.4, -0.2) is 10.9 Å². The van der Waals surface area contributed by atoms with Crippen molar-refractivity contribution in [1.29, 1.82) is 0 Å². The first kappa shape index (κ1) is 11.8. The molecule has 2 rings (SSSR count). The number of hydrogen-bond donors (Lipinski definition) is 1. The molecule has 0 amide bonds. The molecule has 1 heterocycles. The highest BCUT2D eigenvalue weighted by Gasteiger charge is 2.09. The Balaban J connectivity index is 2.71. The van der Waals surface area contributed by atoms with Gasteiger partial charge in [0.05, 0.1) is 21.2 Å². The van der Waals surface area contributed by atoms with Gasteiger partial charge in [-0.15, -0.1) is 11.6 Å². The highest BCUT2D eigenvalue weighted by Crippen LogP contribution is 2.33. The molecule has 0 fully saturated rings. The largest absolute Gasteiger partial charge is 0.396 e. The fourth-order valence-corrected chi connectivity index (χ4v) is 2.22. The van der Waals surface area contributed by atoms with E-state index < -0.39 is 0 Å². The third-order valence-electron chi connectivity index (χ3n) is 2.33. The molecule has 0 aliphatic carbocycles. The predicted molar refractivity (Wildman–Crippen MR) is 70.6 cm³/mol. The molecular weight excluding hydrogens is 266 g/mol. The molecule has 5 heteroatoms. The minimum atomic E-state index is 0.424. The molecule has 0 saturated heterocycles. The van der Waals surface area contributed by atoms with Gasteiger partial charge in [0.2, 0.25) is 0 Å².